The first-order chi connectivity index (χ1) is 13.5. The summed E-state index contributed by atoms with van der Waals surface area (Å²) in [6, 6.07) is 15.8. The van der Waals surface area contributed by atoms with Gasteiger partial charge in [-0.3, -0.25) is 4.98 Å². The van der Waals surface area contributed by atoms with Gasteiger partial charge in [0.25, 0.3) is 0 Å². The van der Waals surface area contributed by atoms with Gasteiger partial charge in [-0.2, -0.15) is 9.57 Å². The van der Waals surface area contributed by atoms with Gasteiger partial charge in [0, 0.05) is 36.6 Å². The summed E-state index contributed by atoms with van der Waals surface area (Å²) in [4.78, 5) is 4.23. The quantitative estimate of drug-likeness (QED) is 0.720. The average molecular weight is 392 g/mol. The molecular weight excluding hydrogens is 372 g/mol. The van der Waals surface area contributed by atoms with Crippen LogP contribution in [-0.2, 0) is 10.0 Å². The molecule has 0 aliphatic carbocycles. The van der Waals surface area contributed by atoms with Crippen LogP contribution in [0.2, 0.25) is 0 Å². The molecule has 0 unspecified atom stereocenters. The maximum Gasteiger partial charge on any atom is 0.213 e. The Morgan fingerprint density at radius 1 is 1.21 bits per heavy atom. The molecule has 0 saturated carbocycles. The van der Waals surface area contributed by atoms with E-state index in [4.69, 9.17) is 0 Å². The van der Waals surface area contributed by atoms with Crippen molar-refractivity contribution in [3.63, 3.8) is 0 Å². The van der Waals surface area contributed by atoms with Crippen LogP contribution in [0.1, 0.15) is 12.5 Å². The molecule has 3 aromatic rings. The second-order valence-electron chi connectivity index (χ2n) is 6.87. The van der Waals surface area contributed by atoms with Gasteiger partial charge >= 0.3 is 0 Å². The fourth-order valence-electron chi connectivity index (χ4n) is 3.41. The summed E-state index contributed by atoms with van der Waals surface area (Å²) in [5.41, 5.74) is 3.49. The number of nitrogens with one attached hydrogen (secondary N) is 1. The van der Waals surface area contributed by atoms with Crippen molar-refractivity contribution >= 4 is 26.5 Å². The number of nitriles is 1. The Morgan fingerprint density at radius 3 is 2.79 bits per heavy atom. The fraction of sp³-hybridized carbons (Fsp3) is 0.238. The third-order valence-corrected chi connectivity index (χ3v) is 6.86. The fourth-order valence-corrected chi connectivity index (χ4v) is 4.59. The van der Waals surface area contributed by atoms with Crippen LogP contribution in [0.25, 0.3) is 21.9 Å². The molecule has 1 N–H and O–H groups in total. The van der Waals surface area contributed by atoms with Crippen LogP contribution in [0.5, 0.6) is 0 Å². The summed E-state index contributed by atoms with van der Waals surface area (Å²) in [5.74, 6) is 0.122. The summed E-state index contributed by atoms with van der Waals surface area (Å²) < 4.78 is 25.4. The van der Waals surface area contributed by atoms with Gasteiger partial charge in [-0.05, 0) is 53.8 Å². The summed E-state index contributed by atoms with van der Waals surface area (Å²) in [6.07, 6.45) is 3.56. The average Bonchev–Trinajstić information content (AvgIpc) is 2.69. The minimum atomic E-state index is -3.14. The number of nitrogens with zero attached hydrogens (tertiary/aromatic N) is 3. The molecule has 0 bridgehead atoms. The zero-order chi connectivity index (χ0) is 19.7. The van der Waals surface area contributed by atoms with Crippen molar-refractivity contribution in [1.29, 1.82) is 5.26 Å². The highest BCUT2D eigenvalue weighted by Gasteiger charge is 2.34. The molecular formula is C21H20N4O2S. The molecule has 1 fully saturated rings. The first-order valence-corrected chi connectivity index (χ1v) is 10.7. The van der Waals surface area contributed by atoms with Gasteiger partial charge in [-0.1, -0.05) is 12.1 Å². The van der Waals surface area contributed by atoms with E-state index in [1.165, 1.54) is 4.31 Å². The molecule has 4 rings (SSSR count). The maximum absolute atomic E-state index is 12.0. The Labute approximate surface area is 164 Å². The van der Waals surface area contributed by atoms with Crippen molar-refractivity contribution in [2.24, 2.45) is 0 Å². The number of sulfonamides is 1. The zero-order valence-electron chi connectivity index (χ0n) is 15.5. The van der Waals surface area contributed by atoms with E-state index in [-0.39, 0.29) is 11.8 Å². The van der Waals surface area contributed by atoms with Gasteiger partial charge in [-0.15, -0.1) is 0 Å². The van der Waals surface area contributed by atoms with Crippen LogP contribution in [0.3, 0.4) is 0 Å². The summed E-state index contributed by atoms with van der Waals surface area (Å²) in [6.45, 7) is 2.59. The van der Waals surface area contributed by atoms with Crippen LogP contribution in [-0.4, -0.2) is 42.6 Å². The number of rotatable bonds is 5. The van der Waals surface area contributed by atoms with Gasteiger partial charge in [0.1, 0.15) is 0 Å². The van der Waals surface area contributed by atoms with Crippen LogP contribution in [0.4, 0.5) is 5.69 Å². The lowest BCUT2D eigenvalue weighted by molar-refractivity contribution is 0.281. The van der Waals surface area contributed by atoms with Gasteiger partial charge in [-0.25, -0.2) is 8.42 Å². The van der Waals surface area contributed by atoms with Crippen molar-refractivity contribution in [3.05, 3.63) is 60.4 Å². The lowest BCUT2D eigenvalue weighted by Gasteiger charge is -2.39. The Balaban J connectivity index is 1.67. The van der Waals surface area contributed by atoms with Crippen molar-refractivity contribution in [1.82, 2.24) is 9.29 Å². The van der Waals surface area contributed by atoms with E-state index in [2.05, 4.69) is 22.4 Å². The Kier molecular flexibility index (Phi) is 4.75. The third-order valence-electron chi connectivity index (χ3n) is 5.05. The first-order valence-electron chi connectivity index (χ1n) is 9.13. The normalized spacial score (nSPS) is 15.1. The lowest BCUT2D eigenvalue weighted by atomic mass is 9.99. The van der Waals surface area contributed by atoms with Crippen molar-refractivity contribution in [2.45, 2.75) is 13.0 Å². The van der Waals surface area contributed by atoms with Gasteiger partial charge in [0.2, 0.25) is 10.0 Å². The molecule has 1 aromatic heterocycles. The van der Waals surface area contributed by atoms with Crippen LogP contribution in [0.15, 0.2) is 54.9 Å². The highest BCUT2D eigenvalue weighted by molar-refractivity contribution is 7.89. The molecule has 0 atom stereocenters. The maximum atomic E-state index is 12.0. The summed E-state index contributed by atoms with van der Waals surface area (Å²) in [5, 5.41) is 14.7. The van der Waals surface area contributed by atoms with Gasteiger partial charge in [0.15, 0.2) is 0 Å². The van der Waals surface area contributed by atoms with Gasteiger partial charge < -0.3 is 5.32 Å². The van der Waals surface area contributed by atoms with Gasteiger partial charge in [0.05, 0.1) is 23.4 Å². The number of benzene rings is 2. The van der Waals surface area contributed by atoms with Crippen molar-refractivity contribution in [2.75, 3.05) is 24.2 Å². The van der Waals surface area contributed by atoms with E-state index < -0.39 is 10.0 Å². The Hall–Kier alpha value is -2.95. The molecule has 2 heterocycles. The number of fused-ring (bicyclic) bond motifs is 1. The number of pyridine rings is 1. The molecule has 7 heteroatoms. The largest absolute Gasteiger partial charge is 0.379 e. The van der Waals surface area contributed by atoms with Crippen LogP contribution in [0, 0.1) is 11.3 Å². The second-order valence-corrected chi connectivity index (χ2v) is 9.13. The predicted molar refractivity (Wildman–Crippen MR) is 110 cm³/mol. The number of hydrogen-bond donors (Lipinski definition) is 1. The van der Waals surface area contributed by atoms with E-state index in [0.29, 0.717) is 18.7 Å². The van der Waals surface area contributed by atoms with Crippen molar-refractivity contribution < 1.29 is 8.42 Å². The zero-order valence-corrected chi connectivity index (χ0v) is 16.3. The number of hydrogen-bond acceptors (Lipinski definition) is 5. The summed E-state index contributed by atoms with van der Waals surface area (Å²) >= 11 is 0. The predicted octanol–water partition coefficient (Wildman–Crippen LogP) is 3.22. The van der Waals surface area contributed by atoms with Crippen molar-refractivity contribution in [3.8, 4) is 17.2 Å². The molecule has 1 saturated heterocycles. The highest BCUT2D eigenvalue weighted by Crippen LogP contribution is 2.32. The molecule has 28 heavy (non-hydrogen) atoms. The van der Waals surface area contributed by atoms with Crippen LogP contribution >= 0.6 is 0 Å². The van der Waals surface area contributed by atoms with E-state index in [9.17, 15) is 13.7 Å². The highest BCUT2D eigenvalue weighted by atomic mass is 32.2. The van der Waals surface area contributed by atoms with Crippen LogP contribution < -0.4 is 5.32 Å². The molecule has 0 amide bonds. The van der Waals surface area contributed by atoms with E-state index in [1.54, 1.807) is 19.2 Å². The third kappa shape index (κ3) is 3.44. The SMILES string of the molecule is CCS(=O)(=O)N1CC(Nc2cc(-c3cccc(C#N)c3)cc3ccncc23)C1. The first kappa shape index (κ1) is 18.4. The molecule has 1 aliphatic heterocycles. The number of aromatic nitrogens is 1. The minimum Gasteiger partial charge on any atom is -0.379 e. The topological polar surface area (TPSA) is 86.1 Å². The summed E-state index contributed by atoms with van der Waals surface area (Å²) in [7, 11) is -3.14. The van der Waals surface area contributed by atoms with E-state index in [1.807, 2.05) is 36.5 Å². The molecule has 142 valence electrons. The van der Waals surface area contributed by atoms with E-state index >= 15 is 0 Å². The monoisotopic (exact) mass is 392 g/mol. The standard InChI is InChI=1S/C21H20N4O2S/c1-2-28(26,27)25-13-19(14-25)24-21-10-18(9-17-6-7-23-12-20(17)21)16-5-3-4-15(8-16)11-22/h3-10,12,19,24H,2,13-14H2,1H3. The Morgan fingerprint density at radius 2 is 2.04 bits per heavy atom. The molecule has 1 aliphatic rings. The lowest BCUT2D eigenvalue weighted by Crippen LogP contribution is -2.57. The van der Waals surface area contributed by atoms with E-state index in [0.717, 1.165) is 27.6 Å². The second kappa shape index (κ2) is 7.23. The molecule has 0 radical (unpaired) electrons. The number of anilines is 1. The Bertz CT molecular complexity index is 1180. The molecule has 2 aromatic carbocycles. The smallest absolute Gasteiger partial charge is 0.213 e. The minimum absolute atomic E-state index is 0.0606. The molecule has 6 nitrogen and oxygen atoms in total. The molecule has 0 spiro atoms.